The first kappa shape index (κ1) is 15.8. The van der Waals surface area contributed by atoms with Gasteiger partial charge in [0.25, 0.3) is 0 Å². The summed E-state index contributed by atoms with van der Waals surface area (Å²) in [5, 5.41) is 3.82. The zero-order valence-electron chi connectivity index (χ0n) is 11.7. The van der Waals surface area contributed by atoms with Crippen LogP contribution in [0.4, 0.5) is 0 Å². The van der Waals surface area contributed by atoms with Gasteiger partial charge < -0.3 is 5.32 Å². The highest BCUT2D eigenvalue weighted by Gasteiger charge is 2.24. The Labute approximate surface area is 126 Å². The Hall–Kier alpha value is -0.620. The molecule has 1 aromatic rings. The molecule has 0 aromatic heterocycles. The van der Waals surface area contributed by atoms with Gasteiger partial charge in [-0.3, -0.25) is 0 Å². The molecular weight excluding hydrogens is 296 g/mol. The predicted octanol–water partition coefficient (Wildman–Crippen LogP) is 2.53. The number of hydrogen-bond donors (Lipinski definition) is 2. The van der Waals surface area contributed by atoms with E-state index in [2.05, 4.69) is 17.0 Å². The summed E-state index contributed by atoms with van der Waals surface area (Å²) in [5.41, 5.74) is 0.814. The van der Waals surface area contributed by atoms with Crippen LogP contribution in [0.25, 0.3) is 0 Å². The van der Waals surface area contributed by atoms with Crippen molar-refractivity contribution in [3.05, 3.63) is 28.8 Å². The average Bonchev–Trinajstić information content (AvgIpc) is 3.23. The lowest BCUT2D eigenvalue weighted by molar-refractivity contribution is 0.577. The highest BCUT2D eigenvalue weighted by molar-refractivity contribution is 7.89. The average molecular weight is 317 g/mol. The Kier molecular flexibility index (Phi) is 5.43. The molecule has 0 radical (unpaired) electrons. The van der Waals surface area contributed by atoms with Gasteiger partial charge in [0.05, 0.1) is 4.90 Å². The van der Waals surface area contributed by atoms with Gasteiger partial charge in [-0.05, 0) is 55.5 Å². The highest BCUT2D eigenvalue weighted by Crippen LogP contribution is 2.28. The molecule has 2 rings (SSSR count). The fraction of sp³-hybridized carbons (Fsp3) is 0.571. The molecule has 1 aromatic carbocycles. The lowest BCUT2D eigenvalue weighted by Gasteiger charge is -2.10. The van der Waals surface area contributed by atoms with E-state index >= 15 is 0 Å². The largest absolute Gasteiger partial charge is 0.313 e. The Balaban J connectivity index is 2.08. The molecule has 4 nitrogen and oxygen atoms in total. The van der Waals surface area contributed by atoms with Crippen molar-refractivity contribution in [2.75, 3.05) is 13.1 Å². The molecule has 1 aliphatic carbocycles. The van der Waals surface area contributed by atoms with E-state index in [1.165, 1.54) is 0 Å². The third-order valence-corrected chi connectivity index (χ3v) is 5.12. The van der Waals surface area contributed by atoms with Gasteiger partial charge in [0.1, 0.15) is 0 Å². The summed E-state index contributed by atoms with van der Waals surface area (Å²) in [5.74, 6) is 0.516. The summed E-state index contributed by atoms with van der Waals surface area (Å²) in [4.78, 5) is 0.288. The maximum atomic E-state index is 12.2. The lowest BCUT2D eigenvalue weighted by Crippen LogP contribution is -2.26. The molecule has 112 valence electrons. The number of benzene rings is 1. The highest BCUT2D eigenvalue weighted by atomic mass is 35.5. The van der Waals surface area contributed by atoms with Crippen LogP contribution in [-0.2, 0) is 16.6 Å². The molecule has 0 aliphatic heterocycles. The molecule has 1 aliphatic rings. The predicted molar refractivity (Wildman–Crippen MR) is 81.4 cm³/mol. The number of sulfonamides is 1. The molecule has 0 bridgehead atoms. The minimum Gasteiger partial charge on any atom is -0.313 e. The topological polar surface area (TPSA) is 58.2 Å². The molecule has 1 saturated carbocycles. The molecule has 6 heteroatoms. The van der Waals surface area contributed by atoms with Crippen molar-refractivity contribution in [3.63, 3.8) is 0 Å². The SMILES string of the molecule is CCCNCc1cc(S(=O)(=O)NCC2CC2)ccc1Cl. The minimum absolute atomic E-state index is 0.288. The van der Waals surface area contributed by atoms with Crippen molar-refractivity contribution < 1.29 is 8.42 Å². The molecule has 0 atom stereocenters. The third kappa shape index (κ3) is 4.45. The van der Waals surface area contributed by atoms with Crippen LogP contribution in [0.15, 0.2) is 23.1 Å². The first-order valence-electron chi connectivity index (χ1n) is 7.01. The summed E-state index contributed by atoms with van der Waals surface area (Å²) in [6.07, 6.45) is 3.27. The van der Waals surface area contributed by atoms with Crippen molar-refractivity contribution in [2.45, 2.75) is 37.6 Å². The van der Waals surface area contributed by atoms with E-state index in [9.17, 15) is 8.42 Å². The van der Waals surface area contributed by atoms with Gasteiger partial charge in [0.15, 0.2) is 0 Å². The van der Waals surface area contributed by atoms with Gasteiger partial charge in [-0.2, -0.15) is 0 Å². The van der Waals surface area contributed by atoms with Gasteiger partial charge in [0, 0.05) is 18.1 Å². The first-order valence-corrected chi connectivity index (χ1v) is 8.88. The Morgan fingerprint density at radius 3 is 2.75 bits per heavy atom. The van der Waals surface area contributed by atoms with Crippen molar-refractivity contribution in [1.29, 1.82) is 0 Å². The fourth-order valence-corrected chi connectivity index (χ4v) is 3.24. The third-order valence-electron chi connectivity index (χ3n) is 3.33. The Morgan fingerprint density at radius 1 is 1.35 bits per heavy atom. The standard InChI is InChI=1S/C14H21ClN2O2S/c1-2-7-16-10-12-8-13(5-6-14(12)15)20(18,19)17-9-11-3-4-11/h5-6,8,11,16-17H,2-4,7,9-10H2,1H3. The van der Waals surface area contributed by atoms with Gasteiger partial charge >= 0.3 is 0 Å². The maximum Gasteiger partial charge on any atom is 0.240 e. The molecule has 0 heterocycles. The van der Waals surface area contributed by atoms with E-state index in [1.807, 2.05) is 0 Å². The molecule has 1 fully saturated rings. The molecule has 0 saturated heterocycles. The summed E-state index contributed by atoms with van der Waals surface area (Å²) in [7, 11) is -3.42. The van der Waals surface area contributed by atoms with Crippen LogP contribution in [-0.4, -0.2) is 21.5 Å². The maximum absolute atomic E-state index is 12.2. The zero-order valence-corrected chi connectivity index (χ0v) is 13.2. The Bertz CT molecular complexity index is 556. The lowest BCUT2D eigenvalue weighted by atomic mass is 10.2. The van der Waals surface area contributed by atoms with Crippen molar-refractivity contribution in [2.24, 2.45) is 5.92 Å². The monoisotopic (exact) mass is 316 g/mol. The second-order valence-electron chi connectivity index (χ2n) is 5.23. The van der Waals surface area contributed by atoms with Crippen LogP contribution < -0.4 is 10.0 Å². The second kappa shape index (κ2) is 6.89. The summed E-state index contributed by atoms with van der Waals surface area (Å²) < 4.78 is 27.0. The van der Waals surface area contributed by atoms with Crippen molar-refractivity contribution in [1.82, 2.24) is 10.0 Å². The zero-order chi connectivity index (χ0) is 14.6. The summed E-state index contributed by atoms with van der Waals surface area (Å²) >= 11 is 6.11. The van der Waals surface area contributed by atoms with E-state index in [1.54, 1.807) is 18.2 Å². The minimum atomic E-state index is -3.42. The number of hydrogen-bond acceptors (Lipinski definition) is 3. The first-order chi connectivity index (χ1) is 9.53. The van der Waals surface area contributed by atoms with Gasteiger partial charge in [-0.25, -0.2) is 13.1 Å². The van der Waals surface area contributed by atoms with Crippen LogP contribution in [0.3, 0.4) is 0 Å². The van der Waals surface area contributed by atoms with Crippen LogP contribution in [0.2, 0.25) is 5.02 Å². The van der Waals surface area contributed by atoms with E-state index in [0.717, 1.165) is 31.4 Å². The van der Waals surface area contributed by atoms with Gasteiger partial charge in [-0.1, -0.05) is 18.5 Å². The molecule has 20 heavy (non-hydrogen) atoms. The molecule has 0 unspecified atom stereocenters. The smallest absolute Gasteiger partial charge is 0.240 e. The summed E-state index contributed by atoms with van der Waals surface area (Å²) in [6.45, 7) is 4.08. The Morgan fingerprint density at radius 2 is 2.10 bits per heavy atom. The van der Waals surface area contributed by atoms with E-state index in [0.29, 0.717) is 24.0 Å². The number of halogens is 1. The van der Waals surface area contributed by atoms with Crippen LogP contribution in [0, 0.1) is 5.92 Å². The molecule has 2 N–H and O–H groups in total. The molecule has 0 amide bonds. The van der Waals surface area contributed by atoms with Crippen molar-refractivity contribution >= 4 is 21.6 Å². The van der Waals surface area contributed by atoms with Gasteiger partial charge in [0.2, 0.25) is 10.0 Å². The normalized spacial score (nSPS) is 15.5. The van der Waals surface area contributed by atoms with Crippen LogP contribution in [0.1, 0.15) is 31.7 Å². The number of rotatable bonds is 8. The van der Waals surface area contributed by atoms with Gasteiger partial charge in [-0.15, -0.1) is 0 Å². The quantitative estimate of drug-likeness (QED) is 0.725. The summed E-state index contributed by atoms with van der Waals surface area (Å²) in [6, 6.07) is 4.86. The van der Waals surface area contributed by atoms with Crippen LogP contribution in [0.5, 0.6) is 0 Å². The van der Waals surface area contributed by atoms with Crippen LogP contribution >= 0.6 is 11.6 Å². The van der Waals surface area contributed by atoms with E-state index < -0.39 is 10.0 Å². The van der Waals surface area contributed by atoms with Crippen molar-refractivity contribution in [3.8, 4) is 0 Å². The van der Waals surface area contributed by atoms with E-state index in [-0.39, 0.29) is 4.90 Å². The second-order valence-corrected chi connectivity index (χ2v) is 7.40. The van der Waals surface area contributed by atoms with E-state index in [4.69, 9.17) is 11.6 Å². The molecular formula is C14H21ClN2O2S. The number of nitrogens with one attached hydrogen (secondary N) is 2. The fourth-order valence-electron chi connectivity index (χ4n) is 1.89. The molecule has 0 spiro atoms.